The molecule has 1 atom stereocenters. The van der Waals surface area contributed by atoms with Crippen molar-refractivity contribution in [3.63, 3.8) is 0 Å². The van der Waals surface area contributed by atoms with Gasteiger partial charge in [0.2, 0.25) is 0 Å². The topological polar surface area (TPSA) is 122 Å². The number of piperazine rings is 1. The molecular weight excluding hydrogens is 448 g/mol. The van der Waals surface area contributed by atoms with Gasteiger partial charge in [-0.2, -0.15) is 22.0 Å². The highest BCUT2D eigenvalue weighted by atomic mass is 32.2. The van der Waals surface area contributed by atoms with E-state index in [0.717, 1.165) is 5.01 Å². The fourth-order valence-corrected chi connectivity index (χ4v) is 5.84. The molecule has 2 aliphatic rings. The molecule has 33 heavy (non-hydrogen) atoms. The van der Waals surface area contributed by atoms with Crippen LogP contribution in [0.3, 0.4) is 0 Å². The summed E-state index contributed by atoms with van der Waals surface area (Å²) >= 11 is 0. The Bertz CT molecular complexity index is 976. The van der Waals surface area contributed by atoms with Gasteiger partial charge in [0.1, 0.15) is 5.54 Å². The van der Waals surface area contributed by atoms with Crippen molar-refractivity contribution >= 4 is 28.1 Å². The first-order chi connectivity index (χ1) is 15.7. The first-order valence-corrected chi connectivity index (χ1v) is 12.6. The number of hydrogen-bond donors (Lipinski definition) is 2. The number of nitrogens with zero attached hydrogens (tertiary/aromatic N) is 4. The van der Waals surface area contributed by atoms with Crippen LogP contribution in [-0.4, -0.2) is 90.6 Å². The molecule has 1 aromatic rings. The highest BCUT2D eigenvalue weighted by molar-refractivity contribution is 7.86. The Balaban J connectivity index is 1.59. The Hall–Kier alpha value is -2.54. The van der Waals surface area contributed by atoms with E-state index in [1.165, 1.54) is 8.61 Å². The Kier molecular flexibility index (Phi) is 7.73. The number of imide groups is 1. The smallest absolute Gasteiger partial charge is 0.318 e. The minimum Gasteiger partial charge on any atom is -0.318 e. The quantitative estimate of drug-likeness (QED) is 0.483. The number of benzene rings is 1. The van der Waals surface area contributed by atoms with Gasteiger partial charge in [-0.1, -0.05) is 51.1 Å². The highest BCUT2D eigenvalue weighted by Gasteiger charge is 2.52. The molecule has 1 aromatic carbocycles. The van der Waals surface area contributed by atoms with Crippen LogP contribution in [0.1, 0.15) is 32.8 Å². The number of amides is 4. The van der Waals surface area contributed by atoms with Crippen molar-refractivity contribution in [2.24, 2.45) is 0 Å². The Labute approximate surface area is 194 Å². The van der Waals surface area contributed by atoms with Gasteiger partial charge in [0.05, 0.1) is 6.54 Å². The monoisotopic (exact) mass is 480 g/mol. The normalized spacial score (nSPS) is 22.6. The van der Waals surface area contributed by atoms with E-state index in [4.69, 9.17) is 0 Å². The molecular formula is C21H32N6O5S. The molecule has 2 N–H and O–H groups in total. The summed E-state index contributed by atoms with van der Waals surface area (Å²) in [5, 5.41) is 3.45. The lowest BCUT2D eigenvalue weighted by atomic mass is 9.87. The summed E-state index contributed by atoms with van der Waals surface area (Å²) < 4.78 is 28.1. The van der Waals surface area contributed by atoms with Gasteiger partial charge in [0, 0.05) is 39.3 Å². The molecule has 4 amide bonds. The standard InChI is InChI=1S/C21H32N6O5S/c1-4-21(17-10-8-7-9-11-17)19(29)27(20(30)22-21)23-18(28)16-24-12-14-26(15-13-24)33(31,32)25(5-2)6-3/h7-11H,4-6,12-16H2,1-3H3,(H,22,30)(H,23,28)/t21-/m1/s1. The first kappa shape index (κ1) is 25.1. The van der Waals surface area contributed by atoms with Crippen molar-refractivity contribution in [3.8, 4) is 0 Å². The number of urea groups is 1. The highest BCUT2D eigenvalue weighted by Crippen LogP contribution is 2.31. The molecule has 2 fully saturated rings. The van der Waals surface area contributed by atoms with Crippen LogP contribution >= 0.6 is 0 Å². The van der Waals surface area contributed by atoms with Crippen LogP contribution in [0.25, 0.3) is 0 Å². The fourth-order valence-electron chi connectivity index (χ4n) is 4.23. The van der Waals surface area contributed by atoms with E-state index >= 15 is 0 Å². The summed E-state index contributed by atoms with van der Waals surface area (Å²) in [6, 6.07) is 8.23. The zero-order valence-electron chi connectivity index (χ0n) is 19.3. The van der Waals surface area contributed by atoms with Gasteiger partial charge < -0.3 is 5.32 Å². The van der Waals surface area contributed by atoms with E-state index in [-0.39, 0.29) is 19.6 Å². The minimum atomic E-state index is -3.52. The zero-order chi connectivity index (χ0) is 24.2. The molecule has 182 valence electrons. The molecule has 0 saturated carbocycles. The van der Waals surface area contributed by atoms with Crippen molar-refractivity contribution in [1.29, 1.82) is 0 Å². The average molecular weight is 481 g/mol. The van der Waals surface area contributed by atoms with Crippen molar-refractivity contribution in [3.05, 3.63) is 35.9 Å². The lowest BCUT2D eigenvalue weighted by molar-refractivity contribution is -0.140. The van der Waals surface area contributed by atoms with Crippen molar-refractivity contribution < 1.29 is 22.8 Å². The van der Waals surface area contributed by atoms with E-state index < -0.39 is 33.6 Å². The lowest BCUT2D eigenvalue weighted by Gasteiger charge is -2.36. The molecule has 2 aliphatic heterocycles. The number of carbonyl (C=O) groups excluding carboxylic acids is 3. The van der Waals surface area contributed by atoms with Crippen molar-refractivity contribution in [2.45, 2.75) is 32.7 Å². The second-order valence-electron chi connectivity index (χ2n) is 8.00. The SMILES string of the molecule is CCN(CC)S(=O)(=O)N1CCN(CC(=O)NN2C(=O)N[C@](CC)(c3ccccc3)C2=O)CC1. The predicted molar refractivity (Wildman–Crippen MR) is 122 cm³/mol. The van der Waals surface area contributed by atoms with Crippen molar-refractivity contribution in [1.82, 2.24) is 29.3 Å². The number of hydrazine groups is 1. The van der Waals surface area contributed by atoms with E-state index in [0.29, 0.717) is 38.2 Å². The van der Waals surface area contributed by atoms with Gasteiger partial charge in [0.25, 0.3) is 22.0 Å². The molecule has 0 spiro atoms. The number of nitrogens with one attached hydrogen (secondary N) is 2. The van der Waals surface area contributed by atoms with Crippen LogP contribution in [0.5, 0.6) is 0 Å². The van der Waals surface area contributed by atoms with E-state index in [2.05, 4.69) is 10.7 Å². The second kappa shape index (κ2) is 10.2. The van der Waals surface area contributed by atoms with Gasteiger partial charge in [-0.05, 0) is 12.0 Å². The number of hydrogen-bond acceptors (Lipinski definition) is 6. The van der Waals surface area contributed by atoms with Gasteiger partial charge >= 0.3 is 6.03 Å². The van der Waals surface area contributed by atoms with Crippen LogP contribution < -0.4 is 10.7 Å². The Morgan fingerprint density at radius 1 is 1.06 bits per heavy atom. The van der Waals surface area contributed by atoms with Crippen LogP contribution in [0.2, 0.25) is 0 Å². The third-order valence-corrected chi connectivity index (χ3v) is 8.37. The summed E-state index contributed by atoms with van der Waals surface area (Å²) in [4.78, 5) is 40.0. The molecule has 0 aliphatic carbocycles. The molecule has 3 rings (SSSR count). The van der Waals surface area contributed by atoms with Gasteiger partial charge in [-0.25, -0.2) is 4.79 Å². The third kappa shape index (κ3) is 4.88. The maximum Gasteiger partial charge on any atom is 0.344 e. The molecule has 12 heteroatoms. The van der Waals surface area contributed by atoms with E-state index in [9.17, 15) is 22.8 Å². The maximum atomic E-state index is 13.1. The van der Waals surface area contributed by atoms with Crippen LogP contribution in [-0.2, 0) is 25.3 Å². The summed E-state index contributed by atoms with van der Waals surface area (Å²) in [5.74, 6) is -1.05. The molecule has 0 bridgehead atoms. The van der Waals surface area contributed by atoms with Crippen LogP contribution in [0.4, 0.5) is 4.79 Å². The molecule has 2 heterocycles. The molecule has 0 aromatic heterocycles. The maximum absolute atomic E-state index is 13.1. The van der Waals surface area contributed by atoms with E-state index in [1.54, 1.807) is 49.9 Å². The van der Waals surface area contributed by atoms with Gasteiger partial charge in [-0.15, -0.1) is 0 Å². The zero-order valence-corrected chi connectivity index (χ0v) is 20.1. The predicted octanol–water partition coefficient (Wildman–Crippen LogP) is 0.0791. The third-order valence-electron chi connectivity index (χ3n) is 6.18. The molecule has 0 radical (unpaired) electrons. The molecule has 0 unspecified atom stereocenters. The second-order valence-corrected chi connectivity index (χ2v) is 9.93. The summed E-state index contributed by atoms with van der Waals surface area (Å²) in [6.45, 7) is 7.40. The summed E-state index contributed by atoms with van der Waals surface area (Å²) in [5.41, 5.74) is 1.83. The summed E-state index contributed by atoms with van der Waals surface area (Å²) in [7, 11) is -3.52. The lowest BCUT2D eigenvalue weighted by Crippen LogP contribution is -2.56. The Morgan fingerprint density at radius 3 is 2.21 bits per heavy atom. The van der Waals surface area contributed by atoms with Gasteiger partial charge in [0.15, 0.2) is 0 Å². The van der Waals surface area contributed by atoms with Crippen molar-refractivity contribution in [2.75, 3.05) is 45.8 Å². The van der Waals surface area contributed by atoms with Crippen LogP contribution in [0.15, 0.2) is 30.3 Å². The van der Waals surface area contributed by atoms with Crippen LogP contribution in [0, 0.1) is 0 Å². The molecule has 11 nitrogen and oxygen atoms in total. The van der Waals surface area contributed by atoms with E-state index in [1.807, 2.05) is 6.07 Å². The number of carbonyl (C=O) groups is 3. The minimum absolute atomic E-state index is 0.0549. The largest absolute Gasteiger partial charge is 0.344 e. The average Bonchev–Trinajstić information content (AvgIpc) is 3.05. The molecule has 2 saturated heterocycles. The number of rotatable bonds is 9. The summed E-state index contributed by atoms with van der Waals surface area (Å²) in [6.07, 6.45) is 0.330. The first-order valence-electron chi connectivity index (χ1n) is 11.2. The fraction of sp³-hybridized carbons (Fsp3) is 0.571. The Morgan fingerprint density at radius 2 is 1.67 bits per heavy atom. The van der Waals surface area contributed by atoms with Gasteiger partial charge in [-0.3, -0.25) is 19.9 Å².